The summed E-state index contributed by atoms with van der Waals surface area (Å²) in [6, 6.07) is 1.87. The summed E-state index contributed by atoms with van der Waals surface area (Å²) in [6.07, 6.45) is 7.96. The maximum absolute atomic E-state index is 6.19. The molecular weight excluding hydrogens is 243 g/mol. The zero-order chi connectivity index (χ0) is 11.5. The lowest BCUT2D eigenvalue weighted by Crippen LogP contribution is -1.98. The molecule has 2 N–H and O–H groups in total. The Morgan fingerprint density at radius 1 is 1.38 bits per heavy atom. The summed E-state index contributed by atoms with van der Waals surface area (Å²) in [5, 5.41) is 0.705. The molecular formula is C12H14Cl2N2. The number of nitrogens with two attached hydrogens (primary N) is 1. The highest BCUT2D eigenvalue weighted by Crippen LogP contribution is 2.31. The average molecular weight is 257 g/mol. The molecule has 16 heavy (non-hydrogen) atoms. The summed E-state index contributed by atoms with van der Waals surface area (Å²) in [7, 11) is 0. The van der Waals surface area contributed by atoms with Crippen LogP contribution in [0, 0.1) is 0 Å². The van der Waals surface area contributed by atoms with Gasteiger partial charge in [0.15, 0.2) is 0 Å². The number of nitrogen functional groups attached to an aromatic ring is 1. The van der Waals surface area contributed by atoms with Gasteiger partial charge in [0.05, 0.1) is 10.4 Å². The Hall–Kier alpha value is -0.730. The van der Waals surface area contributed by atoms with Gasteiger partial charge in [-0.2, -0.15) is 0 Å². The molecule has 86 valence electrons. The molecule has 1 unspecified atom stereocenters. The number of anilines is 1. The van der Waals surface area contributed by atoms with Gasteiger partial charge in [0.25, 0.3) is 0 Å². The summed E-state index contributed by atoms with van der Waals surface area (Å²) >= 11 is 12.1. The van der Waals surface area contributed by atoms with Crippen molar-refractivity contribution < 1.29 is 0 Å². The van der Waals surface area contributed by atoms with Crippen LogP contribution in [-0.4, -0.2) is 10.4 Å². The minimum atomic E-state index is 0.0934. The fraction of sp³-hybridized carbons (Fsp3) is 0.417. The first-order chi connectivity index (χ1) is 7.66. The highest BCUT2D eigenvalue weighted by molar-refractivity contribution is 6.30. The smallest absolute Gasteiger partial charge is 0.130 e. The predicted molar refractivity (Wildman–Crippen MR) is 69.7 cm³/mol. The van der Waals surface area contributed by atoms with Crippen molar-refractivity contribution >= 4 is 34.6 Å². The van der Waals surface area contributed by atoms with Gasteiger partial charge in [-0.05, 0) is 30.9 Å². The predicted octanol–water partition coefficient (Wildman–Crippen LogP) is 3.88. The van der Waals surface area contributed by atoms with Crippen LogP contribution in [0.15, 0.2) is 18.3 Å². The molecule has 2 rings (SSSR count). The maximum Gasteiger partial charge on any atom is 0.130 e. The van der Waals surface area contributed by atoms with E-state index in [0.717, 1.165) is 31.2 Å². The third-order valence-corrected chi connectivity index (χ3v) is 3.34. The Kier molecular flexibility index (Phi) is 3.72. The van der Waals surface area contributed by atoms with Gasteiger partial charge in [0.2, 0.25) is 0 Å². The minimum Gasteiger partial charge on any atom is -0.383 e. The zero-order valence-electron chi connectivity index (χ0n) is 8.92. The van der Waals surface area contributed by atoms with E-state index >= 15 is 0 Å². The number of pyridine rings is 1. The maximum atomic E-state index is 6.19. The molecule has 0 aliphatic heterocycles. The van der Waals surface area contributed by atoms with E-state index in [0.29, 0.717) is 10.8 Å². The van der Waals surface area contributed by atoms with E-state index in [4.69, 9.17) is 28.9 Å². The van der Waals surface area contributed by atoms with Crippen LogP contribution < -0.4 is 5.73 Å². The fourth-order valence-electron chi connectivity index (χ4n) is 1.97. The number of nitrogens with zero attached hydrogens (tertiary/aromatic N) is 1. The number of alkyl halides is 1. The van der Waals surface area contributed by atoms with Crippen molar-refractivity contribution in [1.82, 2.24) is 4.98 Å². The first-order valence-electron chi connectivity index (χ1n) is 5.43. The van der Waals surface area contributed by atoms with Crippen LogP contribution in [0.1, 0.15) is 31.2 Å². The SMILES string of the molecule is Nc1ncc(Cl)cc1C1=CC(Cl)CCCC1. The Labute approximate surface area is 105 Å². The van der Waals surface area contributed by atoms with Crippen molar-refractivity contribution in [3.63, 3.8) is 0 Å². The van der Waals surface area contributed by atoms with E-state index < -0.39 is 0 Å². The van der Waals surface area contributed by atoms with Crippen molar-refractivity contribution in [1.29, 1.82) is 0 Å². The van der Waals surface area contributed by atoms with Crippen LogP contribution in [0.4, 0.5) is 5.82 Å². The molecule has 1 aromatic heterocycles. The van der Waals surface area contributed by atoms with E-state index in [2.05, 4.69) is 11.1 Å². The molecule has 0 spiro atoms. The molecule has 0 bridgehead atoms. The Bertz CT molecular complexity index is 415. The van der Waals surface area contributed by atoms with Crippen molar-refractivity contribution in [3.05, 3.63) is 28.9 Å². The van der Waals surface area contributed by atoms with E-state index in [-0.39, 0.29) is 5.38 Å². The lowest BCUT2D eigenvalue weighted by Gasteiger charge is -2.09. The van der Waals surface area contributed by atoms with Gasteiger partial charge in [-0.15, -0.1) is 11.6 Å². The molecule has 1 aliphatic carbocycles. The van der Waals surface area contributed by atoms with E-state index in [1.165, 1.54) is 5.57 Å². The molecule has 0 saturated carbocycles. The van der Waals surface area contributed by atoms with Crippen LogP contribution in [0.25, 0.3) is 5.57 Å². The van der Waals surface area contributed by atoms with Crippen molar-refractivity contribution in [2.24, 2.45) is 0 Å². The van der Waals surface area contributed by atoms with Gasteiger partial charge in [-0.25, -0.2) is 4.98 Å². The Morgan fingerprint density at radius 2 is 2.19 bits per heavy atom. The fourth-order valence-corrected chi connectivity index (χ4v) is 2.44. The van der Waals surface area contributed by atoms with Gasteiger partial charge in [-0.3, -0.25) is 0 Å². The molecule has 0 radical (unpaired) electrons. The minimum absolute atomic E-state index is 0.0934. The second kappa shape index (κ2) is 5.07. The largest absolute Gasteiger partial charge is 0.383 e. The monoisotopic (exact) mass is 256 g/mol. The van der Waals surface area contributed by atoms with Crippen LogP contribution in [0.2, 0.25) is 5.02 Å². The second-order valence-electron chi connectivity index (χ2n) is 4.04. The van der Waals surface area contributed by atoms with Crippen molar-refractivity contribution in [2.75, 3.05) is 5.73 Å². The quantitative estimate of drug-likeness (QED) is 0.775. The van der Waals surface area contributed by atoms with Gasteiger partial charge in [0, 0.05) is 11.8 Å². The molecule has 2 nitrogen and oxygen atoms in total. The number of aromatic nitrogens is 1. The molecule has 1 aliphatic rings. The van der Waals surface area contributed by atoms with Gasteiger partial charge >= 0.3 is 0 Å². The molecule has 1 heterocycles. The average Bonchev–Trinajstić information content (AvgIpc) is 2.46. The van der Waals surface area contributed by atoms with Crippen LogP contribution >= 0.6 is 23.2 Å². The first kappa shape index (κ1) is 11.7. The normalized spacial score (nSPS) is 21.4. The molecule has 0 aromatic carbocycles. The summed E-state index contributed by atoms with van der Waals surface area (Å²) in [4.78, 5) is 4.07. The van der Waals surface area contributed by atoms with Crippen molar-refractivity contribution in [3.8, 4) is 0 Å². The molecule has 4 heteroatoms. The molecule has 1 aromatic rings. The number of hydrogen-bond acceptors (Lipinski definition) is 2. The van der Waals surface area contributed by atoms with Gasteiger partial charge in [0.1, 0.15) is 5.82 Å². The van der Waals surface area contributed by atoms with E-state index in [9.17, 15) is 0 Å². The third kappa shape index (κ3) is 2.69. The summed E-state index contributed by atoms with van der Waals surface area (Å²) in [6.45, 7) is 0. The topological polar surface area (TPSA) is 38.9 Å². The molecule has 0 amide bonds. The highest BCUT2D eigenvalue weighted by Gasteiger charge is 2.13. The zero-order valence-corrected chi connectivity index (χ0v) is 10.4. The van der Waals surface area contributed by atoms with Crippen molar-refractivity contribution in [2.45, 2.75) is 31.1 Å². The van der Waals surface area contributed by atoms with Gasteiger partial charge in [-0.1, -0.05) is 24.1 Å². The Morgan fingerprint density at radius 3 is 3.00 bits per heavy atom. The standard InChI is InChI=1S/C12H14Cl2N2/c13-9-4-2-1-3-8(5-9)11-6-10(14)7-16-12(11)15/h5-7,9H,1-4H2,(H2,15,16). The number of rotatable bonds is 1. The number of hydrogen-bond donors (Lipinski definition) is 1. The van der Waals surface area contributed by atoms with Gasteiger partial charge < -0.3 is 5.73 Å². The van der Waals surface area contributed by atoms with E-state index in [1.54, 1.807) is 6.20 Å². The van der Waals surface area contributed by atoms with E-state index in [1.807, 2.05) is 6.07 Å². The van der Waals surface area contributed by atoms with Crippen LogP contribution in [0.3, 0.4) is 0 Å². The summed E-state index contributed by atoms with van der Waals surface area (Å²) in [5.41, 5.74) is 7.96. The number of allylic oxidation sites excluding steroid dienone is 2. The first-order valence-corrected chi connectivity index (χ1v) is 6.24. The van der Waals surface area contributed by atoms with Crippen LogP contribution in [0.5, 0.6) is 0 Å². The third-order valence-electron chi connectivity index (χ3n) is 2.79. The second-order valence-corrected chi connectivity index (χ2v) is 5.04. The summed E-state index contributed by atoms with van der Waals surface area (Å²) < 4.78 is 0. The highest BCUT2D eigenvalue weighted by atomic mass is 35.5. The molecule has 0 fully saturated rings. The van der Waals surface area contributed by atoms with Crippen LogP contribution in [-0.2, 0) is 0 Å². The summed E-state index contributed by atoms with van der Waals surface area (Å²) in [5.74, 6) is 0.529. The number of halogens is 2. The lowest BCUT2D eigenvalue weighted by atomic mass is 10.0. The Balaban J connectivity index is 2.38. The molecule has 0 saturated heterocycles. The lowest BCUT2D eigenvalue weighted by molar-refractivity contribution is 0.724. The molecule has 1 atom stereocenters.